The van der Waals surface area contributed by atoms with E-state index in [1.807, 2.05) is 0 Å². The van der Waals surface area contributed by atoms with Gasteiger partial charge in [0.1, 0.15) is 5.60 Å². The van der Waals surface area contributed by atoms with Crippen LogP contribution in [0.15, 0.2) is 0 Å². The number of amides is 1. The molecule has 5 heteroatoms. The van der Waals surface area contributed by atoms with Crippen molar-refractivity contribution in [2.24, 2.45) is 5.73 Å². The first-order chi connectivity index (χ1) is 6.81. The van der Waals surface area contributed by atoms with Crippen molar-refractivity contribution in [2.75, 3.05) is 19.8 Å². The summed E-state index contributed by atoms with van der Waals surface area (Å²) in [6.45, 7) is 4.66. The van der Waals surface area contributed by atoms with Crippen molar-refractivity contribution >= 4 is 5.91 Å². The van der Waals surface area contributed by atoms with Crippen LogP contribution in [0.25, 0.3) is 0 Å². The smallest absolute Gasteiger partial charge is 0.221 e. The van der Waals surface area contributed by atoms with Crippen LogP contribution in [0.2, 0.25) is 0 Å². The molecule has 1 atom stereocenters. The van der Waals surface area contributed by atoms with E-state index in [-0.39, 0.29) is 18.9 Å². The number of aliphatic hydroxyl groups is 1. The van der Waals surface area contributed by atoms with Crippen LogP contribution >= 0.6 is 0 Å². The molecule has 1 aliphatic rings. The van der Waals surface area contributed by atoms with Gasteiger partial charge in [-0.2, -0.15) is 0 Å². The Kier molecular flexibility index (Phi) is 3.70. The molecule has 1 saturated heterocycles. The van der Waals surface area contributed by atoms with Crippen LogP contribution in [0.5, 0.6) is 0 Å². The van der Waals surface area contributed by atoms with Gasteiger partial charge in [-0.25, -0.2) is 0 Å². The predicted molar refractivity (Wildman–Crippen MR) is 56.3 cm³/mol. The van der Waals surface area contributed by atoms with E-state index in [1.165, 1.54) is 0 Å². The van der Waals surface area contributed by atoms with Gasteiger partial charge in [-0.15, -0.1) is 0 Å². The van der Waals surface area contributed by atoms with Gasteiger partial charge in [-0.05, 0) is 13.8 Å². The lowest BCUT2D eigenvalue weighted by molar-refractivity contribution is -0.123. The number of nitrogens with two attached hydrogens (primary N) is 1. The van der Waals surface area contributed by atoms with Crippen LogP contribution in [0.1, 0.15) is 26.7 Å². The number of carbonyl (C=O) groups excluding carboxylic acids is 1. The van der Waals surface area contributed by atoms with Crippen molar-refractivity contribution in [3.05, 3.63) is 0 Å². The van der Waals surface area contributed by atoms with Gasteiger partial charge in [0.2, 0.25) is 5.91 Å². The first-order valence-electron chi connectivity index (χ1n) is 5.17. The average Bonchev–Trinajstić information content (AvgIpc) is 2.47. The fraction of sp³-hybridized carbons (Fsp3) is 0.900. The fourth-order valence-corrected chi connectivity index (χ4v) is 1.48. The number of carbonyl (C=O) groups is 1. The molecular formula is C10H20N2O3. The van der Waals surface area contributed by atoms with Crippen molar-refractivity contribution in [3.63, 3.8) is 0 Å². The first kappa shape index (κ1) is 12.4. The Bertz CT molecular complexity index is 229. The zero-order valence-corrected chi connectivity index (χ0v) is 9.38. The summed E-state index contributed by atoms with van der Waals surface area (Å²) < 4.78 is 5.07. The second-order valence-corrected chi connectivity index (χ2v) is 4.97. The molecule has 0 aromatic carbocycles. The minimum absolute atomic E-state index is 0.136. The lowest BCUT2D eigenvalue weighted by atomic mass is 10.0. The summed E-state index contributed by atoms with van der Waals surface area (Å²) in [5, 5.41) is 12.5. The quantitative estimate of drug-likeness (QED) is 0.585. The summed E-state index contributed by atoms with van der Waals surface area (Å²) >= 11 is 0. The molecule has 15 heavy (non-hydrogen) atoms. The first-order valence-corrected chi connectivity index (χ1v) is 5.17. The Morgan fingerprint density at radius 3 is 2.80 bits per heavy atom. The minimum Gasteiger partial charge on any atom is -0.386 e. The molecule has 1 heterocycles. The standard InChI is InChI=1S/C10H20N2O3/c1-9(2,11)5-8(13)12-6-10(14)3-4-15-7-10/h14H,3-7,11H2,1-2H3,(H,12,13). The summed E-state index contributed by atoms with van der Waals surface area (Å²) in [5.41, 5.74) is 4.30. The molecule has 0 spiro atoms. The van der Waals surface area contributed by atoms with Crippen LogP contribution in [0.3, 0.4) is 0 Å². The molecule has 1 unspecified atom stereocenters. The Labute approximate surface area is 90.0 Å². The minimum atomic E-state index is -0.894. The molecule has 1 fully saturated rings. The van der Waals surface area contributed by atoms with E-state index >= 15 is 0 Å². The molecular weight excluding hydrogens is 196 g/mol. The van der Waals surface area contributed by atoms with Crippen molar-refractivity contribution < 1.29 is 14.6 Å². The fourth-order valence-electron chi connectivity index (χ4n) is 1.48. The van der Waals surface area contributed by atoms with Gasteiger partial charge in [0, 0.05) is 31.5 Å². The normalized spacial score (nSPS) is 26.7. The van der Waals surface area contributed by atoms with E-state index in [4.69, 9.17) is 10.5 Å². The third kappa shape index (κ3) is 4.59. The monoisotopic (exact) mass is 216 g/mol. The number of rotatable bonds is 4. The molecule has 0 aromatic rings. The summed E-state index contributed by atoms with van der Waals surface area (Å²) in [5.74, 6) is -0.136. The van der Waals surface area contributed by atoms with E-state index in [0.29, 0.717) is 19.6 Å². The van der Waals surface area contributed by atoms with Crippen LogP contribution < -0.4 is 11.1 Å². The highest BCUT2D eigenvalue weighted by atomic mass is 16.5. The molecule has 0 radical (unpaired) electrons. The summed E-state index contributed by atoms with van der Waals surface area (Å²) in [7, 11) is 0. The Balaban J connectivity index is 2.28. The van der Waals surface area contributed by atoms with Gasteiger partial charge in [0.15, 0.2) is 0 Å². The van der Waals surface area contributed by atoms with Crippen LogP contribution in [0, 0.1) is 0 Å². The molecule has 88 valence electrons. The maximum atomic E-state index is 11.4. The highest BCUT2D eigenvalue weighted by Gasteiger charge is 2.32. The van der Waals surface area contributed by atoms with Gasteiger partial charge in [0.05, 0.1) is 6.61 Å². The van der Waals surface area contributed by atoms with Crippen LogP contribution in [0.4, 0.5) is 0 Å². The highest BCUT2D eigenvalue weighted by Crippen LogP contribution is 2.17. The maximum Gasteiger partial charge on any atom is 0.221 e. The molecule has 1 amide bonds. The molecule has 4 N–H and O–H groups in total. The SMILES string of the molecule is CC(C)(N)CC(=O)NCC1(O)CCOC1. The average molecular weight is 216 g/mol. The van der Waals surface area contributed by atoms with Crippen molar-refractivity contribution in [1.82, 2.24) is 5.32 Å². The second kappa shape index (κ2) is 4.47. The lowest BCUT2D eigenvalue weighted by Gasteiger charge is -2.23. The van der Waals surface area contributed by atoms with Crippen molar-refractivity contribution in [2.45, 2.75) is 37.8 Å². The molecule has 0 bridgehead atoms. The Morgan fingerprint density at radius 2 is 2.33 bits per heavy atom. The third-order valence-electron chi connectivity index (χ3n) is 2.31. The van der Waals surface area contributed by atoms with E-state index in [2.05, 4.69) is 5.32 Å². The Hall–Kier alpha value is -0.650. The zero-order chi connectivity index (χ0) is 11.5. The molecule has 1 rings (SSSR count). The van der Waals surface area contributed by atoms with Crippen molar-refractivity contribution in [1.29, 1.82) is 0 Å². The number of nitrogens with one attached hydrogen (secondary N) is 1. The van der Waals surface area contributed by atoms with Crippen molar-refractivity contribution in [3.8, 4) is 0 Å². The second-order valence-electron chi connectivity index (χ2n) is 4.97. The van der Waals surface area contributed by atoms with E-state index < -0.39 is 11.1 Å². The lowest BCUT2D eigenvalue weighted by Crippen LogP contribution is -2.46. The van der Waals surface area contributed by atoms with Crippen LogP contribution in [-0.2, 0) is 9.53 Å². The Morgan fingerprint density at radius 1 is 1.67 bits per heavy atom. The van der Waals surface area contributed by atoms with Gasteiger partial charge < -0.3 is 20.9 Å². The zero-order valence-electron chi connectivity index (χ0n) is 9.38. The van der Waals surface area contributed by atoms with E-state index in [1.54, 1.807) is 13.8 Å². The summed E-state index contributed by atoms with van der Waals surface area (Å²) in [4.78, 5) is 11.4. The number of hydrogen-bond acceptors (Lipinski definition) is 4. The summed E-state index contributed by atoms with van der Waals surface area (Å²) in [6.07, 6.45) is 0.823. The molecule has 0 aromatic heterocycles. The highest BCUT2D eigenvalue weighted by molar-refractivity contribution is 5.77. The topological polar surface area (TPSA) is 84.6 Å². The predicted octanol–water partition coefficient (Wildman–Crippen LogP) is -0.619. The van der Waals surface area contributed by atoms with E-state index in [9.17, 15) is 9.90 Å². The van der Waals surface area contributed by atoms with Crippen LogP contribution in [-0.4, -0.2) is 41.9 Å². The van der Waals surface area contributed by atoms with Gasteiger partial charge in [-0.1, -0.05) is 0 Å². The van der Waals surface area contributed by atoms with E-state index in [0.717, 1.165) is 0 Å². The van der Waals surface area contributed by atoms with Gasteiger partial charge >= 0.3 is 0 Å². The summed E-state index contributed by atoms with van der Waals surface area (Å²) in [6, 6.07) is 0. The number of ether oxygens (including phenoxy) is 1. The molecule has 1 aliphatic heterocycles. The molecule has 5 nitrogen and oxygen atoms in total. The largest absolute Gasteiger partial charge is 0.386 e. The maximum absolute atomic E-state index is 11.4. The number of hydrogen-bond donors (Lipinski definition) is 3. The molecule has 0 saturated carbocycles. The molecule has 0 aliphatic carbocycles. The third-order valence-corrected chi connectivity index (χ3v) is 2.31. The van der Waals surface area contributed by atoms with Gasteiger partial charge in [0.25, 0.3) is 0 Å². The van der Waals surface area contributed by atoms with Gasteiger partial charge in [-0.3, -0.25) is 4.79 Å².